The van der Waals surface area contributed by atoms with Crippen molar-refractivity contribution in [3.63, 3.8) is 0 Å². The summed E-state index contributed by atoms with van der Waals surface area (Å²) in [6, 6.07) is 10.3. The van der Waals surface area contributed by atoms with Crippen molar-refractivity contribution >= 4 is 5.91 Å². The maximum atomic E-state index is 12.7. The maximum Gasteiger partial charge on any atom is 0.255 e. The van der Waals surface area contributed by atoms with Crippen LogP contribution in [-0.2, 0) is 0 Å². The smallest absolute Gasteiger partial charge is 0.255 e. The number of rotatable bonds is 3. The quantitative estimate of drug-likeness (QED) is 0.871. The predicted molar refractivity (Wildman–Crippen MR) is 92.9 cm³/mol. The number of pyridine rings is 1. The Balaban J connectivity index is 1.90. The van der Waals surface area contributed by atoms with Gasteiger partial charge in [0.25, 0.3) is 11.5 Å². The number of likely N-dealkylation sites (tertiary alicyclic amines) is 1. The van der Waals surface area contributed by atoms with E-state index in [0.29, 0.717) is 17.2 Å². The number of nitrogens with zero attached hydrogens (tertiary/aromatic N) is 2. The van der Waals surface area contributed by atoms with Gasteiger partial charge in [0.15, 0.2) is 0 Å². The lowest BCUT2D eigenvalue weighted by Crippen LogP contribution is -2.39. The lowest BCUT2D eigenvalue weighted by molar-refractivity contribution is 0.0682. The lowest BCUT2D eigenvalue weighted by Gasteiger charge is -2.31. The summed E-state index contributed by atoms with van der Waals surface area (Å²) in [5.74, 6) is 1.24. The molecule has 0 unspecified atom stereocenters. The van der Waals surface area contributed by atoms with Gasteiger partial charge in [0.2, 0.25) is 0 Å². The van der Waals surface area contributed by atoms with Gasteiger partial charge in [-0.2, -0.15) is 0 Å². The van der Waals surface area contributed by atoms with Gasteiger partial charge < -0.3 is 9.64 Å². The van der Waals surface area contributed by atoms with Crippen LogP contribution in [0.3, 0.4) is 0 Å². The minimum atomic E-state index is -0.163. The molecule has 5 nitrogen and oxygen atoms in total. The summed E-state index contributed by atoms with van der Waals surface area (Å²) in [5, 5.41) is 0. The fourth-order valence-electron chi connectivity index (χ4n) is 3.11. The first kappa shape index (κ1) is 16.3. The number of carbonyl (C=O) groups is 1. The van der Waals surface area contributed by atoms with E-state index in [9.17, 15) is 9.59 Å². The van der Waals surface area contributed by atoms with E-state index in [0.717, 1.165) is 31.7 Å². The Labute approximate surface area is 141 Å². The highest BCUT2D eigenvalue weighted by molar-refractivity contribution is 5.94. The van der Waals surface area contributed by atoms with Crippen LogP contribution in [0.15, 0.2) is 47.4 Å². The molecule has 126 valence electrons. The van der Waals surface area contributed by atoms with Crippen LogP contribution in [-0.4, -0.2) is 35.6 Å². The molecule has 1 aromatic heterocycles. The van der Waals surface area contributed by atoms with Gasteiger partial charge in [0.1, 0.15) is 5.75 Å². The van der Waals surface area contributed by atoms with E-state index >= 15 is 0 Å². The average Bonchev–Trinajstić information content (AvgIpc) is 2.62. The summed E-state index contributed by atoms with van der Waals surface area (Å²) in [4.78, 5) is 26.8. The van der Waals surface area contributed by atoms with Gasteiger partial charge in [-0.3, -0.25) is 14.2 Å². The summed E-state index contributed by atoms with van der Waals surface area (Å²) >= 11 is 0. The Hall–Kier alpha value is -2.56. The third-order valence-corrected chi connectivity index (χ3v) is 4.45. The van der Waals surface area contributed by atoms with Gasteiger partial charge in [0.05, 0.1) is 12.7 Å². The van der Waals surface area contributed by atoms with Crippen molar-refractivity contribution in [2.24, 2.45) is 5.92 Å². The van der Waals surface area contributed by atoms with Gasteiger partial charge in [-0.15, -0.1) is 0 Å². The van der Waals surface area contributed by atoms with Gasteiger partial charge in [0, 0.05) is 31.0 Å². The second kappa shape index (κ2) is 6.91. The number of ether oxygens (including phenoxy) is 1. The summed E-state index contributed by atoms with van der Waals surface area (Å²) in [7, 11) is 1.60. The van der Waals surface area contributed by atoms with E-state index in [1.54, 1.807) is 43.6 Å². The zero-order valence-corrected chi connectivity index (χ0v) is 14.1. The minimum Gasteiger partial charge on any atom is -0.497 e. The van der Waals surface area contributed by atoms with Crippen LogP contribution in [0.4, 0.5) is 0 Å². The van der Waals surface area contributed by atoms with Gasteiger partial charge >= 0.3 is 0 Å². The summed E-state index contributed by atoms with van der Waals surface area (Å²) < 4.78 is 6.64. The molecule has 1 aliphatic rings. The molecular weight excluding hydrogens is 304 g/mol. The number of amides is 1. The average molecular weight is 326 g/mol. The van der Waals surface area contributed by atoms with Crippen molar-refractivity contribution in [2.45, 2.75) is 19.8 Å². The third-order valence-electron chi connectivity index (χ3n) is 4.45. The molecule has 0 N–H and O–H groups in total. The van der Waals surface area contributed by atoms with Crippen LogP contribution >= 0.6 is 0 Å². The maximum absolute atomic E-state index is 12.7. The Morgan fingerprint density at radius 3 is 2.58 bits per heavy atom. The Bertz CT molecular complexity index is 780. The normalized spacial score (nSPS) is 17.6. The van der Waals surface area contributed by atoms with Crippen molar-refractivity contribution in [3.8, 4) is 11.4 Å². The number of piperidine rings is 1. The number of hydrogen-bond donors (Lipinski definition) is 0. The molecule has 1 amide bonds. The highest BCUT2D eigenvalue weighted by atomic mass is 16.5. The molecule has 1 fully saturated rings. The second-order valence-corrected chi connectivity index (χ2v) is 6.32. The van der Waals surface area contributed by atoms with Gasteiger partial charge in [-0.25, -0.2) is 0 Å². The first-order valence-electron chi connectivity index (χ1n) is 8.25. The van der Waals surface area contributed by atoms with Crippen molar-refractivity contribution in [2.75, 3.05) is 20.2 Å². The Morgan fingerprint density at radius 1 is 1.17 bits per heavy atom. The zero-order chi connectivity index (χ0) is 17.1. The van der Waals surface area contributed by atoms with E-state index in [2.05, 4.69) is 6.92 Å². The summed E-state index contributed by atoms with van der Waals surface area (Å²) in [6.45, 7) is 3.73. The van der Waals surface area contributed by atoms with E-state index in [4.69, 9.17) is 4.74 Å². The van der Waals surface area contributed by atoms with Gasteiger partial charge in [-0.1, -0.05) is 6.92 Å². The Kier molecular flexibility index (Phi) is 4.69. The first-order valence-corrected chi connectivity index (χ1v) is 8.25. The minimum absolute atomic E-state index is 0.0104. The van der Waals surface area contributed by atoms with Crippen LogP contribution < -0.4 is 10.3 Å². The molecule has 24 heavy (non-hydrogen) atoms. The fraction of sp³-hybridized carbons (Fsp3) is 0.368. The highest BCUT2D eigenvalue weighted by Crippen LogP contribution is 2.18. The predicted octanol–water partition coefficient (Wildman–Crippen LogP) is 2.72. The number of carbonyl (C=O) groups excluding carboxylic acids is 1. The van der Waals surface area contributed by atoms with Gasteiger partial charge in [-0.05, 0) is 49.1 Å². The van der Waals surface area contributed by atoms with Crippen LogP contribution in [0.25, 0.3) is 5.69 Å². The van der Waals surface area contributed by atoms with E-state index in [1.807, 2.05) is 4.90 Å². The zero-order valence-electron chi connectivity index (χ0n) is 14.1. The van der Waals surface area contributed by atoms with Crippen molar-refractivity contribution in [3.05, 3.63) is 58.5 Å². The van der Waals surface area contributed by atoms with Crippen LogP contribution in [0, 0.1) is 5.92 Å². The molecule has 1 aliphatic heterocycles. The molecule has 0 radical (unpaired) electrons. The Morgan fingerprint density at radius 2 is 1.92 bits per heavy atom. The van der Waals surface area contributed by atoms with E-state index < -0.39 is 0 Å². The van der Waals surface area contributed by atoms with Crippen molar-refractivity contribution < 1.29 is 9.53 Å². The SMILES string of the molecule is COc1ccc(-n2cc(C(=O)N3CCC[C@@H](C)C3)ccc2=O)cc1. The van der Waals surface area contributed by atoms with Crippen LogP contribution in [0.2, 0.25) is 0 Å². The largest absolute Gasteiger partial charge is 0.497 e. The molecule has 1 atom stereocenters. The molecule has 2 aromatic rings. The highest BCUT2D eigenvalue weighted by Gasteiger charge is 2.22. The molecule has 0 saturated carbocycles. The molecule has 1 aromatic carbocycles. The van der Waals surface area contributed by atoms with Crippen LogP contribution in [0.5, 0.6) is 5.75 Å². The summed E-state index contributed by atoms with van der Waals surface area (Å²) in [6.07, 6.45) is 3.83. The number of hydrogen-bond acceptors (Lipinski definition) is 3. The molecular formula is C19H22N2O3. The fourth-order valence-corrected chi connectivity index (χ4v) is 3.11. The molecule has 0 aliphatic carbocycles. The van der Waals surface area contributed by atoms with Crippen LogP contribution in [0.1, 0.15) is 30.1 Å². The van der Waals surface area contributed by atoms with Crippen molar-refractivity contribution in [1.29, 1.82) is 0 Å². The monoisotopic (exact) mass is 326 g/mol. The lowest BCUT2D eigenvalue weighted by atomic mass is 10.00. The molecule has 2 heterocycles. The number of aromatic nitrogens is 1. The molecule has 1 saturated heterocycles. The molecule has 3 rings (SSSR count). The topological polar surface area (TPSA) is 51.5 Å². The number of benzene rings is 1. The van der Waals surface area contributed by atoms with E-state index in [-0.39, 0.29) is 11.5 Å². The molecule has 0 spiro atoms. The van der Waals surface area contributed by atoms with Crippen molar-refractivity contribution in [1.82, 2.24) is 9.47 Å². The number of methoxy groups -OCH3 is 1. The third kappa shape index (κ3) is 3.35. The first-order chi connectivity index (χ1) is 11.6. The van der Waals surface area contributed by atoms with E-state index in [1.165, 1.54) is 10.6 Å². The molecule has 5 heteroatoms. The second-order valence-electron chi connectivity index (χ2n) is 6.32. The summed E-state index contributed by atoms with van der Waals surface area (Å²) in [5.41, 5.74) is 1.09. The standard InChI is InChI=1S/C19H22N2O3/c1-14-4-3-11-20(12-14)19(23)15-5-10-18(22)21(13-15)16-6-8-17(24-2)9-7-16/h5-10,13-14H,3-4,11-12H2,1-2H3/t14-/m1/s1. The molecule has 0 bridgehead atoms.